The Hall–Kier alpha value is -0.0800. The Kier molecular flexibility index (Phi) is 4.12. The number of hydrogen-bond acceptors (Lipinski definition) is 2. The Bertz CT molecular complexity index is 480. The largest absolute Gasteiger partial charge is 0.315 e. The topological polar surface area (TPSA) is 15.3 Å². The maximum Gasteiger partial charge on any atom is 0.0110 e. The molecule has 4 bridgehead atoms. The number of likely N-dealkylation sites (tertiary alicyclic amines) is 1. The molecular weight excluding hydrogens is 292 g/mol. The lowest BCUT2D eigenvalue weighted by molar-refractivity contribution is -0.103. The van der Waals surface area contributed by atoms with Crippen molar-refractivity contribution in [1.29, 1.82) is 0 Å². The second kappa shape index (κ2) is 5.71. The quantitative estimate of drug-likeness (QED) is 0.743. The SMILES string of the molecule is CC1(C)CC2CC(C)(CN2CCNC[C@@H]2CCC3CC2C3(C)C)C1. The first-order valence-electron chi connectivity index (χ1n) is 10.6. The number of fused-ring (bicyclic) bond motifs is 4. The summed E-state index contributed by atoms with van der Waals surface area (Å²) in [6, 6.07) is 0.849. The summed E-state index contributed by atoms with van der Waals surface area (Å²) in [7, 11) is 0. The minimum atomic E-state index is 0.550. The van der Waals surface area contributed by atoms with E-state index in [4.69, 9.17) is 0 Å². The molecule has 4 saturated carbocycles. The summed E-state index contributed by atoms with van der Waals surface area (Å²) in [4.78, 5) is 2.81. The van der Waals surface area contributed by atoms with Crippen molar-refractivity contribution in [1.82, 2.24) is 10.2 Å². The lowest BCUT2D eigenvalue weighted by Crippen LogP contribution is -2.54. The van der Waals surface area contributed by atoms with E-state index in [-0.39, 0.29) is 0 Å². The average molecular weight is 333 g/mol. The van der Waals surface area contributed by atoms with Gasteiger partial charge in [-0.3, -0.25) is 4.90 Å². The molecule has 2 heteroatoms. The van der Waals surface area contributed by atoms with Gasteiger partial charge in [-0.15, -0.1) is 0 Å². The molecule has 1 heterocycles. The normalized spacial score (nSPS) is 45.9. The summed E-state index contributed by atoms with van der Waals surface area (Å²) in [5, 5.41) is 3.85. The van der Waals surface area contributed by atoms with Crippen molar-refractivity contribution in [2.75, 3.05) is 26.2 Å². The number of rotatable bonds is 5. The van der Waals surface area contributed by atoms with E-state index in [1.807, 2.05) is 0 Å². The van der Waals surface area contributed by atoms with E-state index in [1.54, 1.807) is 0 Å². The van der Waals surface area contributed by atoms with Gasteiger partial charge in [-0.1, -0.05) is 34.6 Å². The molecule has 0 spiro atoms. The minimum Gasteiger partial charge on any atom is -0.315 e. The molecule has 1 N–H and O–H groups in total. The Labute approximate surface area is 150 Å². The molecule has 5 rings (SSSR count). The maximum atomic E-state index is 3.85. The van der Waals surface area contributed by atoms with E-state index in [2.05, 4.69) is 44.8 Å². The zero-order chi connectivity index (χ0) is 17.2. The summed E-state index contributed by atoms with van der Waals surface area (Å²) in [6.07, 6.45) is 8.74. The van der Waals surface area contributed by atoms with Crippen molar-refractivity contribution in [2.45, 2.75) is 79.2 Å². The Morgan fingerprint density at radius 3 is 2.54 bits per heavy atom. The van der Waals surface area contributed by atoms with Crippen molar-refractivity contribution in [3.63, 3.8) is 0 Å². The van der Waals surface area contributed by atoms with Crippen LogP contribution < -0.4 is 5.32 Å². The van der Waals surface area contributed by atoms with E-state index >= 15 is 0 Å². The van der Waals surface area contributed by atoms with Gasteiger partial charge < -0.3 is 5.32 Å². The second-order valence-corrected chi connectivity index (χ2v) is 11.6. The third-order valence-electron chi connectivity index (χ3n) is 8.51. The van der Waals surface area contributed by atoms with Crippen LogP contribution in [0.3, 0.4) is 0 Å². The second-order valence-electron chi connectivity index (χ2n) is 11.6. The van der Waals surface area contributed by atoms with Crippen LogP contribution >= 0.6 is 0 Å². The highest BCUT2D eigenvalue weighted by Crippen LogP contribution is 2.61. The highest BCUT2D eigenvalue weighted by atomic mass is 15.2. The summed E-state index contributed by atoms with van der Waals surface area (Å²) in [5.74, 6) is 2.97. The van der Waals surface area contributed by atoms with E-state index < -0.39 is 0 Å². The molecule has 1 aliphatic heterocycles. The molecule has 0 aromatic rings. The van der Waals surface area contributed by atoms with Crippen LogP contribution in [0.4, 0.5) is 0 Å². The van der Waals surface area contributed by atoms with Gasteiger partial charge in [-0.2, -0.15) is 0 Å². The lowest BCUT2D eigenvalue weighted by atomic mass is 9.45. The lowest BCUT2D eigenvalue weighted by Gasteiger charge is -2.60. The zero-order valence-corrected chi connectivity index (χ0v) is 16.8. The molecule has 5 fully saturated rings. The van der Waals surface area contributed by atoms with Crippen LogP contribution in [0.5, 0.6) is 0 Å². The van der Waals surface area contributed by atoms with Gasteiger partial charge in [0.15, 0.2) is 0 Å². The van der Waals surface area contributed by atoms with Crippen LogP contribution in [-0.2, 0) is 0 Å². The monoisotopic (exact) mass is 332 g/mol. The van der Waals surface area contributed by atoms with Crippen LogP contribution in [0.15, 0.2) is 0 Å². The first-order valence-corrected chi connectivity index (χ1v) is 10.6. The highest BCUT2D eigenvalue weighted by Gasteiger charge is 2.54. The molecule has 5 atom stereocenters. The van der Waals surface area contributed by atoms with E-state index in [0.717, 1.165) is 23.8 Å². The molecule has 0 amide bonds. The van der Waals surface area contributed by atoms with Crippen LogP contribution in [0.2, 0.25) is 0 Å². The summed E-state index contributed by atoms with van der Waals surface area (Å²) >= 11 is 0. The van der Waals surface area contributed by atoms with Gasteiger partial charge in [0.25, 0.3) is 0 Å². The van der Waals surface area contributed by atoms with Gasteiger partial charge >= 0.3 is 0 Å². The molecule has 138 valence electrons. The smallest absolute Gasteiger partial charge is 0.0110 e. The molecule has 0 aromatic carbocycles. The number of hydrogen-bond donors (Lipinski definition) is 1. The van der Waals surface area contributed by atoms with Gasteiger partial charge in [0.05, 0.1) is 0 Å². The molecule has 4 aliphatic carbocycles. The zero-order valence-electron chi connectivity index (χ0n) is 16.8. The fourth-order valence-electron chi connectivity index (χ4n) is 7.56. The molecule has 4 unspecified atom stereocenters. The van der Waals surface area contributed by atoms with Crippen LogP contribution in [0, 0.1) is 34.0 Å². The third-order valence-corrected chi connectivity index (χ3v) is 8.51. The first-order chi connectivity index (χ1) is 11.2. The minimum absolute atomic E-state index is 0.550. The molecule has 1 saturated heterocycles. The van der Waals surface area contributed by atoms with E-state index in [0.29, 0.717) is 16.2 Å². The molecule has 5 aliphatic rings. The highest BCUT2D eigenvalue weighted by molar-refractivity contribution is 5.04. The van der Waals surface area contributed by atoms with Crippen molar-refractivity contribution in [2.24, 2.45) is 34.0 Å². The predicted molar refractivity (Wildman–Crippen MR) is 102 cm³/mol. The Morgan fingerprint density at radius 2 is 1.83 bits per heavy atom. The van der Waals surface area contributed by atoms with Crippen LogP contribution in [0.1, 0.15) is 73.1 Å². The Morgan fingerprint density at radius 1 is 1.04 bits per heavy atom. The van der Waals surface area contributed by atoms with Crippen molar-refractivity contribution < 1.29 is 0 Å². The van der Waals surface area contributed by atoms with Crippen molar-refractivity contribution in [3.05, 3.63) is 0 Å². The van der Waals surface area contributed by atoms with Crippen LogP contribution in [-0.4, -0.2) is 37.1 Å². The summed E-state index contributed by atoms with van der Waals surface area (Å²) in [5.41, 5.74) is 1.77. The average Bonchev–Trinajstić information content (AvgIpc) is 2.72. The Balaban J connectivity index is 1.23. The molecule has 24 heavy (non-hydrogen) atoms. The molecule has 2 nitrogen and oxygen atoms in total. The fourth-order valence-corrected chi connectivity index (χ4v) is 7.56. The van der Waals surface area contributed by atoms with Gasteiger partial charge in [0.1, 0.15) is 0 Å². The third kappa shape index (κ3) is 2.96. The van der Waals surface area contributed by atoms with E-state index in [1.165, 1.54) is 64.7 Å². The standard InChI is InChI=1S/C22H40N2/c1-20(2)11-18-12-22(5,14-20)15-24(18)9-8-23-13-16-6-7-17-10-19(16)21(17,3)4/h16-19,23H,6-15H2,1-5H3/t16-,17?,18?,19?,22?/m0/s1. The van der Waals surface area contributed by atoms with Gasteiger partial charge in [-0.05, 0) is 79.1 Å². The van der Waals surface area contributed by atoms with Crippen molar-refractivity contribution in [3.8, 4) is 0 Å². The maximum absolute atomic E-state index is 3.85. The number of nitrogens with one attached hydrogen (secondary N) is 1. The van der Waals surface area contributed by atoms with E-state index in [9.17, 15) is 0 Å². The fraction of sp³-hybridized carbons (Fsp3) is 1.00. The number of nitrogens with zero attached hydrogens (tertiary/aromatic N) is 1. The molecule has 0 aromatic heterocycles. The predicted octanol–water partition coefficient (Wildman–Crippen LogP) is 4.55. The van der Waals surface area contributed by atoms with Gasteiger partial charge in [-0.25, -0.2) is 0 Å². The van der Waals surface area contributed by atoms with Gasteiger partial charge in [0.2, 0.25) is 0 Å². The first kappa shape index (κ1) is 17.3. The van der Waals surface area contributed by atoms with Crippen molar-refractivity contribution >= 4 is 0 Å². The summed E-state index contributed by atoms with van der Waals surface area (Å²) < 4.78 is 0. The van der Waals surface area contributed by atoms with Gasteiger partial charge in [0, 0.05) is 25.7 Å². The molecular formula is C22H40N2. The molecule has 0 radical (unpaired) electrons. The van der Waals surface area contributed by atoms with Crippen LogP contribution in [0.25, 0.3) is 0 Å². The summed E-state index contributed by atoms with van der Waals surface area (Å²) in [6.45, 7) is 17.6.